The third-order valence-electron chi connectivity index (χ3n) is 3.51. The zero-order chi connectivity index (χ0) is 13.2. The van der Waals surface area contributed by atoms with Crippen LogP contribution in [0.25, 0.3) is 10.8 Å². The summed E-state index contributed by atoms with van der Waals surface area (Å²) in [7, 11) is 0. The van der Waals surface area contributed by atoms with Gasteiger partial charge in [0.2, 0.25) is 0 Å². The molecule has 0 fully saturated rings. The van der Waals surface area contributed by atoms with Gasteiger partial charge in [-0.2, -0.15) is 0 Å². The normalized spacial score (nSPS) is 10.6. The Hall–Kier alpha value is -2.06. The van der Waals surface area contributed by atoms with Gasteiger partial charge in [0.25, 0.3) is 0 Å². The van der Waals surface area contributed by atoms with Gasteiger partial charge in [-0.25, -0.2) is 0 Å². The SMILES string of the molecule is Cc1ccc(B(O)c2cccc3ccccc23)cc1. The van der Waals surface area contributed by atoms with Gasteiger partial charge in [0.15, 0.2) is 0 Å². The largest absolute Gasteiger partial charge is 0.443 e. The van der Waals surface area contributed by atoms with E-state index in [0.29, 0.717) is 0 Å². The molecule has 0 aliphatic rings. The molecule has 0 saturated carbocycles. The topological polar surface area (TPSA) is 20.2 Å². The Bertz CT molecular complexity index is 699. The number of aryl methyl sites for hydroxylation is 1. The van der Waals surface area contributed by atoms with E-state index in [1.165, 1.54) is 5.56 Å². The summed E-state index contributed by atoms with van der Waals surface area (Å²) in [5, 5.41) is 12.8. The fourth-order valence-electron chi connectivity index (χ4n) is 2.42. The number of rotatable bonds is 2. The molecule has 0 heterocycles. The maximum atomic E-state index is 10.6. The monoisotopic (exact) mass is 246 g/mol. The van der Waals surface area contributed by atoms with E-state index in [9.17, 15) is 5.02 Å². The Morgan fingerprint density at radius 1 is 0.789 bits per heavy atom. The molecule has 3 aromatic carbocycles. The van der Waals surface area contributed by atoms with Gasteiger partial charge >= 0.3 is 6.92 Å². The summed E-state index contributed by atoms with van der Waals surface area (Å²) >= 11 is 0. The zero-order valence-corrected chi connectivity index (χ0v) is 10.9. The van der Waals surface area contributed by atoms with Gasteiger partial charge in [-0.05, 0) is 28.6 Å². The first-order chi connectivity index (χ1) is 9.25. The fraction of sp³-hybridized carbons (Fsp3) is 0.0588. The highest BCUT2D eigenvalue weighted by atomic mass is 16.2. The first-order valence-corrected chi connectivity index (χ1v) is 6.48. The lowest BCUT2D eigenvalue weighted by molar-refractivity contribution is 0.600. The molecule has 2 heteroatoms. The van der Waals surface area contributed by atoms with Crippen molar-refractivity contribution in [3.8, 4) is 0 Å². The molecule has 0 spiro atoms. The Morgan fingerprint density at radius 2 is 1.47 bits per heavy atom. The van der Waals surface area contributed by atoms with Crippen LogP contribution in [0.1, 0.15) is 5.56 Å². The molecular weight excluding hydrogens is 231 g/mol. The fourth-order valence-corrected chi connectivity index (χ4v) is 2.42. The summed E-state index contributed by atoms with van der Waals surface area (Å²) in [6.07, 6.45) is 0. The van der Waals surface area contributed by atoms with Crippen LogP contribution in [-0.4, -0.2) is 11.9 Å². The molecule has 1 N–H and O–H groups in total. The van der Waals surface area contributed by atoms with E-state index in [1.54, 1.807) is 0 Å². The second-order valence-corrected chi connectivity index (χ2v) is 4.88. The molecule has 0 saturated heterocycles. The highest BCUT2D eigenvalue weighted by molar-refractivity contribution is 6.80. The predicted molar refractivity (Wildman–Crippen MR) is 82.4 cm³/mol. The van der Waals surface area contributed by atoms with Crippen LogP contribution in [0.4, 0.5) is 0 Å². The third kappa shape index (κ3) is 2.27. The summed E-state index contributed by atoms with van der Waals surface area (Å²) < 4.78 is 0. The van der Waals surface area contributed by atoms with Crippen LogP contribution >= 0.6 is 0 Å². The molecule has 3 rings (SSSR count). The van der Waals surface area contributed by atoms with Crippen molar-refractivity contribution in [1.29, 1.82) is 0 Å². The summed E-state index contributed by atoms with van der Waals surface area (Å²) in [5.41, 5.74) is 3.10. The molecule has 0 aliphatic heterocycles. The molecule has 0 amide bonds. The molecule has 0 aromatic heterocycles. The minimum absolute atomic E-state index is 0.577. The van der Waals surface area contributed by atoms with E-state index in [0.717, 1.165) is 21.7 Å². The van der Waals surface area contributed by atoms with Crippen LogP contribution < -0.4 is 10.9 Å². The highest BCUT2D eigenvalue weighted by Crippen LogP contribution is 2.11. The zero-order valence-electron chi connectivity index (χ0n) is 10.9. The molecule has 0 unspecified atom stereocenters. The van der Waals surface area contributed by atoms with Gasteiger partial charge < -0.3 is 5.02 Å². The molecule has 0 bridgehead atoms. The minimum atomic E-state index is -0.577. The average Bonchev–Trinajstić information content (AvgIpc) is 2.47. The minimum Gasteiger partial charge on any atom is -0.443 e. The van der Waals surface area contributed by atoms with E-state index < -0.39 is 6.92 Å². The van der Waals surface area contributed by atoms with Crippen molar-refractivity contribution < 1.29 is 5.02 Å². The average molecular weight is 246 g/mol. The van der Waals surface area contributed by atoms with Gasteiger partial charge in [0, 0.05) is 0 Å². The molecule has 0 aliphatic carbocycles. The summed E-state index contributed by atoms with van der Waals surface area (Å²) in [6.45, 7) is 1.47. The van der Waals surface area contributed by atoms with E-state index in [4.69, 9.17) is 0 Å². The molecule has 19 heavy (non-hydrogen) atoms. The molecule has 1 nitrogen and oxygen atoms in total. The van der Waals surface area contributed by atoms with Gasteiger partial charge in [-0.1, -0.05) is 72.3 Å². The van der Waals surface area contributed by atoms with Crippen LogP contribution in [0.2, 0.25) is 0 Å². The molecular formula is C17H15BO. The summed E-state index contributed by atoms with van der Waals surface area (Å²) in [4.78, 5) is 0. The van der Waals surface area contributed by atoms with E-state index in [-0.39, 0.29) is 0 Å². The van der Waals surface area contributed by atoms with Crippen LogP contribution in [0, 0.1) is 6.92 Å². The third-order valence-corrected chi connectivity index (χ3v) is 3.51. The van der Waals surface area contributed by atoms with Crippen LogP contribution in [0.5, 0.6) is 0 Å². The Labute approximate surface area is 113 Å². The Kier molecular flexibility index (Phi) is 3.10. The van der Waals surface area contributed by atoms with Crippen molar-refractivity contribution in [3.63, 3.8) is 0 Å². The van der Waals surface area contributed by atoms with Gasteiger partial charge in [-0.15, -0.1) is 0 Å². The Morgan fingerprint density at radius 3 is 2.26 bits per heavy atom. The number of benzene rings is 3. The maximum Gasteiger partial charge on any atom is 0.359 e. The number of hydrogen-bond donors (Lipinski definition) is 1. The van der Waals surface area contributed by atoms with E-state index in [1.807, 2.05) is 55.5 Å². The van der Waals surface area contributed by atoms with Crippen LogP contribution in [0.15, 0.2) is 66.7 Å². The van der Waals surface area contributed by atoms with Gasteiger partial charge in [0.1, 0.15) is 0 Å². The lowest BCUT2D eigenvalue weighted by Crippen LogP contribution is -2.42. The highest BCUT2D eigenvalue weighted by Gasteiger charge is 2.18. The standard InChI is InChI=1S/C17H15BO/c1-13-9-11-15(12-10-13)18(19)17-8-4-6-14-5-2-3-7-16(14)17/h2-12,19H,1H3. The van der Waals surface area contributed by atoms with Crippen molar-refractivity contribution in [2.45, 2.75) is 6.92 Å². The molecule has 92 valence electrons. The molecule has 3 aromatic rings. The molecule has 0 atom stereocenters. The number of hydrogen-bond acceptors (Lipinski definition) is 1. The van der Waals surface area contributed by atoms with E-state index >= 15 is 0 Å². The second kappa shape index (κ2) is 4.91. The van der Waals surface area contributed by atoms with Crippen molar-refractivity contribution in [1.82, 2.24) is 0 Å². The van der Waals surface area contributed by atoms with Gasteiger partial charge in [-0.3, -0.25) is 0 Å². The van der Waals surface area contributed by atoms with Crippen LogP contribution in [-0.2, 0) is 0 Å². The second-order valence-electron chi connectivity index (χ2n) is 4.88. The molecule has 0 radical (unpaired) electrons. The first-order valence-electron chi connectivity index (χ1n) is 6.48. The van der Waals surface area contributed by atoms with Crippen LogP contribution in [0.3, 0.4) is 0 Å². The first kappa shape index (κ1) is 12.0. The number of fused-ring (bicyclic) bond motifs is 1. The van der Waals surface area contributed by atoms with Gasteiger partial charge in [0.05, 0.1) is 0 Å². The predicted octanol–water partition coefficient (Wildman–Crippen LogP) is 2.25. The quantitative estimate of drug-likeness (QED) is 0.687. The smallest absolute Gasteiger partial charge is 0.359 e. The summed E-state index contributed by atoms with van der Waals surface area (Å²) in [5.74, 6) is 0. The Balaban J connectivity index is 2.11. The van der Waals surface area contributed by atoms with Crippen molar-refractivity contribution in [2.24, 2.45) is 0 Å². The maximum absolute atomic E-state index is 10.6. The van der Waals surface area contributed by atoms with E-state index in [2.05, 4.69) is 18.2 Å². The van der Waals surface area contributed by atoms with Crippen molar-refractivity contribution in [3.05, 3.63) is 72.3 Å². The lowest BCUT2D eigenvalue weighted by atomic mass is 9.55. The summed E-state index contributed by atoms with van der Waals surface area (Å²) in [6, 6.07) is 22.3. The van der Waals surface area contributed by atoms with Crippen molar-refractivity contribution in [2.75, 3.05) is 0 Å². The lowest BCUT2D eigenvalue weighted by Gasteiger charge is -2.11. The van der Waals surface area contributed by atoms with Crippen molar-refractivity contribution >= 4 is 28.6 Å².